The Morgan fingerprint density at radius 1 is 1.29 bits per heavy atom. The molecule has 1 amide bonds. The number of anilines is 2. The highest BCUT2D eigenvalue weighted by atomic mass is 16.6. The van der Waals surface area contributed by atoms with Gasteiger partial charge in [0.1, 0.15) is 11.4 Å². The van der Waals surface area contributed by atoms with Crippen molar-refractivity contribution in [2.45, 2.75) is 20.8 Å². The lowest BCUT2D eigenvalue weighted by Gasteiger charge is -2.23. The van der Waals surface area contributed by atoms with Crippen LogP contribution >= 0.6 is 0 Å². The molecule has 0 aliphatic carbocycles. The summed E-state index contributed by atoms with van der Waals surface area (Å²) in [5, 5.41) is 19.8. The second-order valence-electron chi connectivity index (χ2n) is 5.31. The Bertz CT molecular complexity index is 529. The first kappa shape index (κ1) is 16.7. The van der Waals surface area contributed by atoms with Crippen molar-refractivity contribution < 1.29 is 9.72 Å². The minimum absolute atomic E-state index is 0.00735. The number of hydrogen-bond donors (Lipinski definition) is 3. The number of carbonyl (C=O) groups is 1. The summed E-state index contributed by atoms with van der Waals surface area (Å²) in [7, 11) is 1.57. The van der Waals surface area contributed by atoms with Crippen LogP contribution in [-0.4, -0.2) is 31.0 Å². The van der Waals surface area contributed by atoms with Crippen molar-refractivity contribution in [3.8, 4) is 0 Å². The second kappa shape index (κ2) is 6.92. The molecule has 0 atom stereocenters. The molecule has 0 unspecified atom stereocenters. The van der Waals surface area contributed by atoms with Gasteiger partial charge in [-0.3, -0.25) is 14.9 Å². The number of para-hydroxylation sites is 1. The van der Waals surface area contributed by atoms with Crippen molar-refractivity contribution in [1.82, 2.24) is 5.32 Å². The zero-order valence-corrected chi connectivity index (χ0v) is 12.8. The van der Waals surface area contributed by atoms with E-state index in [1.807, 2.05) is 6.92 Å². The van der Waals surface area contributed by atoms with Crippen molar-refractivity contribution in [2.24, 2.45) is 5.41 Å². The first-order valence-electron chi connectivity index (χ1n) is 6.80. The summed E-state index contributed by atoms with van der Waals surface area (Å²) in [6, 6.07) is 5.04. The average Bonchev–Trinajstić information content (AvgIpc) is 2.44. The summed E-state index contributed by atoms with van der Waals surface area (Å²) in [6.45, 7) is 6.31. The quantitative estimate of drug-likeness (QED) is 0.529. The van der Waals surface area contributed by atoms with Gasteiger partial charge in [-0.25, -0.2) is 0 Å². The fourth-order valence-corrected chi connectivity index (χ4v) is 1.95. The third-order valence-corrected chi connectivity index (χ3v) is 3.15. The van der Waals surface area contributed by atoms with Crippen LogP contribution in [0.25, 0.3) is 0 Å². The monoisotopic (exact) mass is 294 g/mol. The molecule has 116 valence electrons. The lowest BCUT2D eigenvalue weighted by atomic mass is 9.92. The van der Waals surface area contributed by atoms with Crippen molar-refractivity contribution >= 4 is 23.0 Å². The maximum Gasteiger partial charge on any atom is 0.315 e. The first-order chi connectivity index (χ1) is 9.83. The lowest BCUT2D eigenvalue weighted by molar-refractivity contribution is -0.383. The van der Waals surface area contributed by atoms with Crippen molar-refractivity contribution in [1.29, 1.82) is 0 Å². The molecule has 0 aromatic heterocycles. The zero-order chi connectivity index (χ0) is 16.0. The molecule has 3 N–H and O–H groups in total. The summed E-state index contributed by atoms with van der Waals surface area (Å²) >= 11 is 0. The van der Waals surface area contributed by atoms with Gasteiger partial charge in [0.05, 0.1) is 10.3 Å². The minimum Gasteiger partial charge on any atom is -0.380 e. The average molecular weight is 294 g/mol. The number of hydrogen-bond acceptors (Lipinski definition) is 5. The zero-order valence-electron chi connectivity index (χ0n) is 12.8. The van der Waals surface area contributed by atoms with Crippen LogP contribution in [-0.2, 0) is 4.79 Å². The molecule has 7 nitrogen and oxygen atoms in total. The van der Waals surface area contributed by atoms with E-state index in [2.05, 4.69) is 16.0 Å². The summed E-state index contributed by atoms with van der Waals surface area (Å²) < 4.78 is 0. The van der Waals surface area contributed by atoms with E-state index in [1.54, 1.807) is 39.1 Å². The molecule has 21 heavy (non-hydrogen) atoms. The molecule has 1 rings (SSSR count). The molecule has 7 heteroatoms. The molecule has 0 radical (unpaired) electrons. The van der Waals surface area contributed by atoms with Crippen LogP contribution in [0.2, 0.25) is 0 Å². The highest BCUT2D eigenvalue weighted by Gasteiger charge is 2.28. The van der Waals surface area contributed by atoms with Gasteiger partial charge in [0.2, 0.25) is 5.91 Å². The molecule has 0 heterocycles. The van der Waals surface area contributed by atoms with Gasteiger partial charge < -0.3 is 16.0 Å². The molecule has 0 aliphatic rings. The van der Waals surface area contributed by atoms with E-state index in [9.17, 15) is 14.9 Å². The third-order valence-electron chi connectivity index (χ3n) is 3.15. The standard InChI is InChI=1S/C14H22N4O3/c1-5-16-10-7-6-8-11(12(10)18(20)21)17-9-14(2,3)13(19)15-4/h6-8,16-17H,5,9H2,1-4H3,(H,15,19). The molecule has 0 aliphatic heterocycles. The van der Waals surface area contributed by atoms with Crippen LogP contribution in [0.1, 0.15) is 20.8 Å². The summed E-state index contributed by atoms with van der Waals surface area (Å²) in [6.07, 6.45) is 0. The van der Waals surface area contributed by atoms with Gasteiger partial charge in [0, 0.05) is 20.1 Å². The number of benzene rings is 1. The number of nitrogens with zero attached hydrogens (tertiary/aromatic N) is 1. The third kappa shape index (κ3) is 4.08. The molecule has 1 aromatic rings. The number of amides is 1. The molecule has 0 fully saturated rings. The smallest absolute Gasteiger partial charge is 0.315 e. The van der Waals surface area contributed by atoms with E-state index in [4.69, 9.17) is 0 Å². The summed E-state index contributed by atoms with van der Waals surface area (Å²) in [5.74, 6) is -0.125. The number of nitro groups is 1. The van der Waals surface area contributed by atoms with Gasteiger partial charge in [-0.05, 0) is 32.9 Å². The van der Waals surface area contributed by atoms with E-state index in [-0.39, 0.29) is 11.6 Å². The second-order valence-corrected chi connectivity index (χ2v) is 5.31. The van der Waals surface area contributed by atoms with Crippen molar-refractivity contribution in [2.75, 3.05) is 30.8 Å². The van der Waals surface area contributed by atoms with E-state index < -0.39 is 10.3 Å². The van der Waals surface area contributed by atoms with Crippen LogP contribution < -0.4 is 16.0 Å². The summed E-state index contributed by atoms with van der Waals surface area (Å²) in [5.41, 5.74) is 0.185. The predicted octanol–water partition coefficient (Wildman–Crippen LogP) is 2.21. The number of nitrogens with one attached hydrogen (secondary N) is 3. The fourth-order valence-electron chi connectivity index (χ4n) is 1.95. The van der Waals surface area contributed by atoms with Crippen LogP contribution in [0, 0.1) is 15.5 Å². The van der Waals surface area contributed by atoms with E-state index in [0.29, 0.717) is 24.5 Å². The first-order valence-corrected chi connectivity index (χ1v) is 6.80. The Labute approximate surface area is 124 Å². The molecule has 0 spiro atoms. The van der Waals surface area contributed by atoms with Crippen LogP contribution in [0.3, 0.4) is 0 Å². The SMILES string of the molecule is CCNc1cccc(NCC(C)(C)C(=O)NC)c1[N+](=O)[O-]. The number of rotatable bonds is 7. The van der Waals surface area contributed by atoms with Crippen molar-refractivity contribution in [3.05, 3.63) is 28.3 Å². The Kier molecular flexibility index (Phi) is 5.52. The molecule has 0 saturated carbocycles. The van der Waals surface area contributed by atoms with Gasteiger partial charge in [-0.2, -0.15) is 0 Å². The van der Waals surface area contributed by atoms with Crippen LogP contribution in [0.4, 0.5) is 17.1 Å². The normalized spacial score (nSPS) is 10.9. The highest BCUT2D eigenvalue weighted by molar-refractivity contribution is 5.83. The minimum atomic E-state index is -0.670. The topological polar surface area (TPSA) is 96.3 Å². The van der Waals surface area contributed by atoms with Gasteiger partial charge >= 0.3 is 5.69 Å². The van der Waals surface area contributed by atoms with E-state index >= 15 is 0 Å². The lowest BCUT2D eigenvalue weighted by Crippen LogP contribution is -2.39. The largest absolute Gasteiger partial charge is 0.380 e. The summed E-state index contributed by atoms with van der Waals surface area (Å²) in [4.78, 5) is 22.6. The maximum atomic E-state index is 11.7. The van der Waals surface area contributed by atoms with Crippen LogP contribution in [0.5, 0.6) is 0 Å². The van der Waals surface area contributed by atoms with Gasteiger partial charge in [0.25, 0.3) is 0 Å². The molecule has 1 aromatic carbocycles. The highest BCUT2D eigenvalue weighted by Crippen LogP contribution is 2.33. The molecule has 0 bridgehead atoms. The predicted molar refractivity (Wildman–Crippen MR) is 83.6 cm³/mol. The van der Waals surface area contributed by atoms with Crippen molar-refractivity contribution in [3.63, 3.8) is 0 Å². The number of carbonyl (C=O) groups excluding carboxylic acids is 1. The van der Waals surface area contributed by atoms with E-state index in [1.165, 1.54) is 0 Å². The van der Waals surface area contributed by atoms with Crippen LogP contribution in [0.15, 0.2) is 18.2 Å². The number of nitro benzene ring substituents is 1. The molecular formula is C14H22N4O3. The van der Waals surface area contributed by atoms with Gasteiger partial charge in [-0.15, -0.1) is 0 Å². The van der Waals surface area contributed by atoms with Gasteiger partial charge in [0.15, 0.2) is 0 Å². The fraction of sp³-hybridized carbons (Fsp3) is 0.500. The molecule has 0 saturated heterocycles. The Morgan fingerprint density at radius 3 is 2.33 bits per heavy atom. The Balaban J connectivity index is 3.01. The van der Waals surface area contributed by atoms with E-state index in [0.717, 1.165) is 0 Å². The van der Waals surface area contributed by atoms with Gasteiger partial charge in [-0.1, -0.05) is 6.07 Å². The Hall–Kier alpha value is -2.31. The maximum absolute atomic E-state index is 11.7. The Morgan fingerprint density at radius 2 is 1.86 bits per heavy atom. The molecular weight excluding hydrogens is 272 g/mol.